The highest BCUT2D eigenvalue weighted by Gasteiger charge is 2.43. The second kappa shape index (κ2) is 25.2. The van der Waals surface area contributed by atoms with E-state index in [-0.39, 0.29) is 0 Å². The molecule has 0 saturated carbocycles. The van der Waals surface area contributed by atoms with Gasteiger partial charge in [0.2, 0.25) is 0 Å². The first-order valence-electron chi connectivity index (χ1n) is 32.5. The molecule has 16 aromatic rings. The molecule has 94 heavy (non-hydrogen) atoms. The summed E-state index contributed by atoms with van der Waals surface area (Å²) in [5, 5.41) is 17.7. The van der Waals surface area contributed by atoms with E-state index >= 15 is 0 Å². The number of nitrogens with zero attached hydrogens (tertiary/aromatic N) is 2. The van der Waals surface area contributed by atoms with Crippen molar-refractivity contribution in [1.82, 2.24) is 0 Å². The fourth-order valence-electron chi connectivity index (χ4n) is 14.9. The Labute approximate surface area is 552 Å². The first-order chi connectivity index (χ1) is 46.6. The van der Waals surface area contributed by atoms with Crippen LogP contribution in [0, 0.1) is 0 Å². The van der Waals surface area contributed by atoms with Gasteiger partial charge < -0.3 is 9.80 Å². The van der Waals surface area contributed by atoms with Gasteiger partial charge in [0.1, 0.15) is 0 Å². The summed E-state index contributed by atoms with van der Waals surface area (Å²) in [6, 6.07) is 149. The average molecular weight is 1230 g/mol. The van der Waals surface area contributed by atoms with E-state index in [2.05, 4.69) is 410 Å². The maximum atomic E-state index is 2.49. The fraction of sp³-hybridized carbons (Fsp3) is 0. The van der Waals surface area contributed by atoms with Gasteiger partial charge in [0.05, 0.1) is 11.4 Å². The quantitative estimate of drug-likeness (QED) is 0.0540. The first kappa shape index (κ1) is 57.5. The highest BCUT2D eigenvalue weighted by molar-refractivity contribution is 7.20. The lowest BCUT2D eigenvalue weighted by Gasteiger charge is -2.35. The van der Waals surface area contributed by atoms with Gasteiger partial charge in [-0.3, -0.25) is 0 Å². The first-order valence-corrected chi connectivity index (χ1v) is 36.5. The van der Waals surface area contributed by atoms with Crippen LogP contribution in [0.5, 0.6) is 0 Å². The molecule has 0 fully saturated rings. The number of benzene rings is 16. The zero-order valence-corrected chi connectivity index (χ0v) is 54.0. The average Bonchev–Trinajstić information content (AvgIpc) is 0.744. The molecule has 16 rings (SSSR count). The number of hydrogen-bond donors (Lipinski definition) is 0. The number of rotatable bonds is 16. The van der Waals surface area contributed by atoms with Gasteiger partial charge in [-0.25, -0.2) is 0 Å². The molecule has 0 aliphatic heterocycles. The van der Waals surface area contributed by atoms with Crippen molar-refractivity contribution < 1.29 is 0 Å². The number of anilines is 6. The van der Waals surface area contributed by atoms with E-state index in [9.17, 15) is 0 Å². The zero-order valence-electron chi connectivity index (χ0n) is 52.0. The molecule has 0 unspecified atom stereocenters. The van der Waals surface area contributed by atoms with E-state index in [0.29, 0.717) is 0 Å². The predicted molar refractivity (Wildman–Crippen MR) is 406 cm³/mol. The van der Waals surface area contributed by atoms with Gasteiger partial charge in [0, 0.05) is 33.5 Å². The van der Waals surface area contributed by atoms with Crippen LogP contribution >= 0.6 is 0 Å². The molecule has 0 aliphatic carbocycles. The molecule has 0 heterocycles. The molecule has 0 bridgehead atoms. The minimum Gasteiger partial charge on any atom is -0.310 e. The topological polar surface area (TPSA) is 6.48 Å². The second-order valence-corrected chi connectivity index (χ2v) is 31.9. The van der Waals surface area contributed by atoms with Gasteiger partial charge in [-0.15, -0.1) is 0 Å². The zero-order chi connectivity index (χ0) is 62.7. The monoisotopic (exact) mass is 1230 g/mol. The summed E-state index contributed by atoms with van der Waals surface area (Å²) in [7, 11) is -5.66. The minimum atomic E-state index is -2.83. The molecule has 0 radical (unpaired) electrons. The third kappa shape index (κ3) is 10.2. The Morgan fingerprint density at radius 3 is 0.596 bits per heavy atom. The molecule has 4 heteroatoms. The Kier molecular flexibility index (Phi) is 15.4. The molecule has 2 nitrogen and oxygen atoms in total. The Morgan fingerprint density at radius 2 is 0.340 bits per heavy atom. The van der Waals surface area contributed by atoms with E-state index in [1.807, 2.05) is 0 Å². The van der Waals surface area contributed by atoms with Crippen LogP contribution < -0.4 is 51.3 Å². The van der Waals surface area contributed by atoms with Crippen LogP contribution in [0.2, 0.25) is 0 Å². The van der Waals surface area contributed by atoms with Crippen molar-refractivity contribution in [3.8, 4) is 22.3 Å². The van der Waals surface area contributed by atoms with Crippen LogP contribution in [-0.4, -0.2) is 16.1 Å². The maximum Gasteiger partial charge on any atom is 0.179 e. The van der Waals surface area contributed by atoms with E-state index in [4.69, 9.17) is 0 Å². The summed E-state index contributed by atoms with van der Waals surface area (Å²) in [5.41, 5.74) is 11.2. The lowest BCUT2D eigenvalue weighted by Crippen LogP contribution is -2.74. The van der Waals surface area contributed by atoms with Crippen molar-refractivity contribution in [3.05, 3.63) is 400 Å². The Balaban J connectivity index is 0.903. The van der Waals surface area contributed by atoms with Crippen molar-refractivity contribution >= 4 is 124 Å². The van der Waals surface area contributed by atoms with Crippen LogP contribution in [0.3, 0.4) is 0 Å². The van der Waals surface area contributed by atoms with Crippen LogP contribution in [0.4, 0.5) is 34.1 Å². The lowest BCUT2D eigenvalue weighted by molar-refractivity contribution is 1.30. The van der Waals surface area contributed by atoms with Crippen molar-refractivity contribution in [2.24, 2.45) is 0 Å². The van der Waals surface area contributed by atoms with Gasteiger partial charge >= 0.3 is 0 Å². The van der Waals surface area contributed by atoms with Gasteiger partial charge in [-0.1, -0.05) is 340 Å². The van der Waals surface area contributed by atoms with Gasteiger partial charge in [0.25, 0.3) is 0 Å². The van der Waals surface area contributed by atoms with Crippen LogP contribution in [-0.2, 0) is 0 Å². The molecule has 0 amide bonds. The maximum absolute atomic E-state index is 2.83. The highest BCUT2D eigenvalue weighted by atomic mass is 28.3. The van der Waals surface area contributed by atoms with Gasteiger partial charge in [-0.05, 0) is 146 Å². The lowest BCUT2D eigenvalue weighted by atomic mass is 9.93. The van der Waals surface area contributed by atoms with Crippen molar-refractivity contribution in [2.75, 3.05) is 9.80 Å². The van der Waals surface area contributed by atoms with E-state index in [1.165, 1.54) is 85.3 Å². The Morgan fingerprint density at radius 1 is 0.149 bits per heavy atom. The summed E-state index contributed by atoms with van der Waals surface area (Å²) in [4.78, 5) is 4.98. The van der Waals surface area contributed by atoms with E-state index in [1.54, 1.807) is 0 Å². The number of fused-ring (bicyclic) bond motifs is 5. The molecule has 0 aromatic heterocycles. The van der Waals surface area contributed by atoms with Gasteiger partial charge in [0.15, 0.2) is 16.1 Å². The standard InChI is InChI=1S/C90H66N2Si2/c1-9-29-67(30-10-1)69-49-53-71(54-50-69)91(73-57-61-81(62-58-73)93(75-33-13-3-14-34-75,76-35-15-4-16-36-76)77-37-17-5-18-38-77)89-65-87-84-46-26-28-48-86(84)90(66-88(87)83-45-25-27-47-85(83)89)92(72-55-51-70(52-56-72)68-31-11-2-12-32-68)74-59-63-82(64-60-74)94(78-39-19-6-20-40-78,79-41-21-7-22-42-79)80-43-23-8-24-44-80/h1-66H. The summed E-state index contributed by atoms with van der Waals surface area (Å²) in [6.45, 7) is 0. The summed E-state index contributed by atoms with van der Waals surface area (Å²) >= 11 is 0. The van der Waals surface area contributed by atoms with Crippen LogP contribution in [0.1, 0.15) is 0 Å². The fourth-order valence-corrected chi connectivity index (χ4v) is 24.3. The Bertz CT molecular complexity index is 4710. The van der Waals surface area contributed by atoms with Crippen LogP contribution in [0.15, 0.2) is 400 Å². The van der Waals surface area contributed by atoms with Gasteiger partial charge in [-0.2, -0.15) is 0 Å². The smallest absolute Gasteiger partial charge is 0.179 e. The molecule has 0 N–H and O–H groups in total. The number of hydrogen-bond acceptors (Lipinski definition) is 2. The molecule has 0 spiro atoms. The van der Waals surface area contributed by atoms with E-state index < -0.39 is 16.1 Å². The summed E-state index contributed by atoms with van der Waals surface area (Å²) in [6.07, 6.45) is 0. The SMILES string of the molecule is c1ccc(-c2ccc(N(c3ccc([Si](c4ccccc4)(c4ccccc4)c4ccccc4)cc3)c3cc4c5ccccc5c(N(c5ccc(-c6ccccc6)cc5)c5ccc([Si](c6ccccc6)(c6ccccc6)c6ccccc6)cc5)cc4c4ccccc34)cc2)cc1. The Hall–Kier alpha value is -11.7. The van der Waals surface area contributed by atoms with Crippen molar-refractivity contribution in [1.29, 1.82) is 0 Å². The van der Waals surface area contributed by atoms with Crippen molar-refractivity contribution in [2.45, 2.75) is 0 Å². The molecule has 0 saturated heterocycles. The summed E-state index contributed by atoms with van der Waals surface area (Å²) in [5.74, 6) is 0. The largest absolute Gasteiger partial charge is 0.310 e. The molecule has 444 valence electrons. The third-order valence-electron chi connectivity index (χ3n) is 19.1. The molecule has 0 aliphatic rings. The second-order valence-electron chi connectivity index (χ2n) is 24.3. The molecular formula is C90H66N2Si2. The van der Waals surface area contributed by atoms with Crippen LogP contribution in [0.25, 0.3) is 54.6 Å². The van der Waals surface area contributed by atoms with Crippen molar-refractivity contribution in [3.63, 3.8) is 0 Å². The molecule has 0 atom stereocenters. The molecule has 16 aromatic carbocycles. The molecular weight excluding hydrogens is 1170 g/mol. The highest BCUT2D eigenvalue weighted by Crippen LogP contribution is 2.48. The minimum absolute atomic E-state index is 1.07. The normalized spacial score (nSPS) is 11.6. The predicted octanol–water partition coefficient (Wildman–Crippen LogP) is 18.2. The third-order valence-corrected chi connectivity index (χ3v) is 28.7. The summed E-state index contributed by atoms with van der Waals surface area (Å²) < 4.78 is 0. The van der Waals surface area contributed by atoms with E-state index in [0.717, 1.165) is 44.9 Å².